The number of aryl methyl sites for hydroxylation is 6. The Balaban J connectivity index is 1.82. The summed E-state index contributed by atoms with van der Waals surface area (Å²) < 4.78 is 2.49. The Kier molecular flexibility index (Phi) is 5.40. The molecular formula is C33H35N. The highest BCUT2D eigenvalue weighted by molar-refractivity contribution is 6.11. The third-order valence-electron chi connectivity index (χ3n) is 7.25. The van der Waals surface area contributed by atoms with Crippen LogP contribution in [0.4, 0.5) is 0 Å². The number of rotatable bonds is 3. The second kappa shape index (κ2) is 8.17. The topological polar surface area (TPSA) is 4.93 Å². The fourth-order valence-corrected chi connectivity index (χ4v) is 6.19. The van der Waals surface area contributed by atoms with Crippen molar-refractivity contribution in [3.63, 3.8) is 0 Å². The Morgan fingerprint density at radius 3 is 1.18 bits per heavy atom. The van der Waals surface area contributed by atoms with Gasteiger partial charge in [-0.3, -0.25) is 0 Å². The van der Waals surface area contributed by atoms with Crippen LogP contribution >= 0.6 is 0 Å². The minimum absolute atomic E-state index is 0.391. The number of aromatic nitrogens is 1. The maximum absolute atomic E-state index is 2.49. The summed E-state index contributed by atoms with van der Waals surface area (Å²) in [5, 5.41) is 2.68. The molecule has 0 aliphatic heterocycles. The van der Waals surface area contributed by atoms with E-state index in [1.807, 2.05) is 0 Å². The monoisotopic (exact) mass is 445 g/mol. The van der Waals surface area contributed by atoms with Gasteiger partial charge < -0.3 is 4.57 Å². The first kappa shape index (κ1) is 22.5. The molecular weight excluding hydrogens is 410 g/mol. The van der Waals surface area contributed by atoms with Gasteiger partial charge in [-0.1, -0.05) is 47.5 Å². The van der Waals surface area contributed by atoms with Gasteiger partial charge in [-0.05, 0) is 124 Å². The molecule has 0 unspecified atom stereocenters. The lowest BCUT2D eigenvalue weighted by Gasteiger charge is -2.14. The van der Waals surface area contributed by atoms with E-state index in [4.69, 9.17) is 0 Å². The van der Waals surface area contributed by atoms with E-state index in [0.717, 1.165) is 0 Å². The molecule has 0 fully saturated rings. The van der Waals surface area contributed by atoms with Gasteiger partial charge in [0.1, 0.15) is 0 Å². The molecule has 172 valence electrons. The first-order valence-electron chi connectivity index (χ1n) is 12.4. The van der Waals surface area contributed by atoms with Gasteiger partial charge in [0, 0.05) is 27.8 Å². The van der Waals surface area contributed by atoms with Crippen molar-refractivity contribution in [1.29, 1.82) is 0 Å². The lowest BCUT2D eigenvalue weighted by Crippen LogP contribution is -2.00. The van der Waals surface area contributed by atoms with E-state index in [1.165, 1.54) is 77.4 Å². The molecule has 0 saturated carbocycles. The van der Waals surface area contributed by atoms with Crippen LogP contribution in [0.1, 0.15) is 53.3 Å². The zero-order valence-corrected chi connectivity index (χ0v) is 21.8. The van der Waals surface area contributed by atoms with Gasteiger partial charge in [-0.2, -0.15) is 0 Å². The fraction of sp³-hybridized carbons (Fsp3) is 0.273. The minimum atomic E-state index is 0.391. The van der Waals surface area contributed by atoms with E-state index in [0.29, 0.717) is 6.04 Å². The summed E-state index contributed by atoms with van der Waals surface area (Å²) in [4.78, 5) is 0. The molecule has 0 amide bonds. The summed E-state index contributed by atoms with van der Waals surface area (Å²) in [5.74, 6) is 0. The third-order valence-corrected chi connectivity index (χ3v) is 7.25. The van der Waals surface area contributed by atoms with Gasteiger partial charge in [0.15, 0.2) is 0 Å². The molecule has 5 rings (SSSR count). The van der Waals surface area contributed by atoms with E-state index in [9.17, 15) is 0 Å². The molecule has 1 heteroatoms. The summed E-state index contributed by atoms with van der Waals surface area (Å²) in [7, 11) is 0. The molecule has 0 aliphatic carbocycles. The first-order chi connectivity index (χ1) is 16.2. The summed E-state index contributed by atoms with van der Waals surface area (Å²) >= 11 is 0. The van der Waals surface area contributed by atoms with Crippen LogP contribution in [0, 0.1) is 41.5 Å². The molecule has 1 aromatic heterocycles. The highest BCUT2D eigenvalue weighted by Crippen LogP contribution is 2.39. The van der Waals surface area contributed by atoms with Crippen molar-refractivity contribution in [1.82, 2.24) is 4.57 Å². The standard InChI is InChI=1S/C33H35N/c1-19(2)34-30-11-9-26(32-22(5)13-20(3)14-23(32)6)17-28(30)29-18-27(10-12-31(29)34)33-24(7)15-21(4)16-25(33)8/h9-19H,1-8H3. The summed E-state index contributed by atoms with van der Waals surface area (Å²) in [6.07, 6.45) is 0. The predicted octanol–water partition coefficient (Wildman–Crippen LogP) is 9.56. The van der Waals surface area contributed by atoms with Crippen LogP contribution in [0.15, 0.2) is 60.7 Å². The van der Waals surface area contributed by atoms with Crippen molar-refractivity contribution >= 4 is 21.8 Å². The maximum atomic E-state index is 2.49. The molecule has 0 atom stereocenters. The lowest BCUT2D eigenvalue weighted by atomic mass is 9.91. The first-order valence-corrected chi connectivity index (χ1v) is 12.4. The van der Waals surface area contributed by atoms with E-state index < -0.39 is 0 Å². The third kappa shape index (κ3) is 3.55. The van der Waals surface area contributed by atoms with Crippen molar-refractivity contribution in [3.05, 3.63) is 94.0 Å². The fourth-order valence-electron chi connectivity index (χ4n) is 6.19. The van der Waals surface area contributed by atoms with Crippen LogP contribution in [0.5, 0.6) is 0 Å². The van der Waals surface area contributed by atoms with Crippen LogP contribution < -0.4 is 0 Å². The Morgan fingerprint density at radius 2 is 0.853 bits per heavy atom. The maximum Gasteiger partial charge on any atom is 0.0494 e. The van der Waals surface area contributed by atoms with E-state index in [-0.39, 0.29) is 0 Å². The van der Waals surface area contributed by atoms with E-state index in [2.05, 4.69) is 121 Å². The number of nitrogens with zero attached hydrogens (tertiary/aromatic N) is 1. The van der Waals surface area contributed by atoms with Gasteiger partial charge in [0.25, 0.3) is 0 Å². The predicted molar refractivity (Wildman–Crippen MR) is 149 cm³/mol. The van der Waals surface area contributed by atoms with E-state index >= 15 is 0 Å². The van der Waals surface area contributed by atoms with Gasteiger partial charge in [0.05, 0.1) is 0 Å². The minimum Gasteiger partial charge on any atom is -0.338 e. The van der Waals surface area contributed by atoms with E-state index in [1.54, 1.807) is 0 Å². The molecule has 1 heterocycles. The molecule has 0 N–H and O–H groups in total. The average Bonchev–Trinajstić information content (AvgIpc) is 3.06. The Labute approximate surface area is 204 Å². The van der Waals surface area contributed by atoms with Gasteiger partial charge >= 0.3 is 0 Å². The van der Waals surface area contributed by atoms with Crippen molar-refractivity contribution in [2.24, 2.45) is 0 Å². The summed E-state index contributed by atoms with van der Waals surface area (Å²) in [6.45, 7) is 17.9. The van der Waals surface area contributed by atoms with Crippen LogP contribution in [0.2, 0.25) is 0 Å². The molecule has 0 aliphatic rings. The largest absolute Gasteiger partial charge is 0.338 e. The van der Waals surface area contributed by atoms with Crippen molar-refractivity contribution in [2.45, 2.75) is 61.4 Å². The SMILES string of the molecule is Cc1cc(C)c(-c2ccc3c(c2)c2cc(-c4c(C)cc(C)cc4C)ccc2n3C(C)C)c(C)c1. The zero-order chi connectivity index (χ0) is 24.3. The van der Waals surface area contributed by atoms with Crippen LogP contribution in [-0.4, -0.2) is 4.57 Å². The normalized spacial score (nSPS) is 11.8. The van der Waals surface area contributed by atoms with Gasteiger partial charge in [0.2, 0.25) is 0 Å². The number of hydrogen-bond acceptors (Lipinski definition) is 0. The molecule has 0 spiro atoms. The smallest absolute Gasteiger partial charge is 0.0494 e. The lowest BCUT2D eigenvalue weighted by molar-refractivity contribution is 0.642. The van der Waals surface area contributed by atoms with Crippen molar-refractivity contribution < 1.29 is 0 Å². The van der Waals surface area contributed by atoms with Gasteiger partial charge in [-0.15, -0.1) is 0 Å². The van der Waals surface area contributed by atoms with Crippen molar-refractivity contribution in [2.75, 3.05) is 0 Å². The Hall–Kier alpha value is -3.32. The molecule has 5 aromatic rings. The number of benzene rings is 4. The van der Waals surface area contributed by atoms with Crippen LogP contribution in [0.3, 0.4) is 0 Å². The highest BCUT2D eigenvalue weighted by Gasteiger charge is 2.17. The average molecular weight is 446 g/mol. The van der Waals surface area contributed by atoms with Crippen molar-refractivity contribution in [3.8, 4) is 22.3 Å². The number of hydrogen-bond donors (Lipinski definition) is 0. The molecule has 1 nitrogen and oxygen atoms in total. The second-order valence-electron chi connectivity index (χ2n) is 10.5. The molecule has 0 bridgehead atoms. The summed E-state index contributed by atoms with van der Waals surface area (Å²) in [5.41, 5.74) is 16.0. The van der Waals surface area contributed by atoms with Gasteiger partial charge in [-0.25, -0.2) is 0 Å². The van der Waals surface area contributed by atoms with Crippen LogP contribution in [0.25, 0.3) is 44.1 Å². The molecule has 34 heavy (non-hydrogen) atoms. The molecule has 0 saturated heterocycles. The molecule has 0 radical (unpaired) electrons. The zero-order valence-electron chi connectivity index (χ0n) is 21.8. The Bertz CT molecular complexity index is 1420. The summed E-state index contributed by atoms with van der Waals surface area (Å²) in [6, 6.07) is 23.7. The highest BCUT2D eigenvalue weighted by atomic mass is 15.0. The quantitative estimate of drug-likeness (QED) is 0.260. The molecule has 4 aromatic carbocycles. The van der Waals surface area contributed by atoms with Crippen LogP contribution in [-0.2, 0) is 0 Å². The Morgan fingerprint density at radius 1 is 0.500 bits per heavy atom. The number of fused-ring (bicyclic) bond motifs is 3. The second-order valence-corrected chi connectivity index (χ2v) is 10.5.